The standard InChI is InChI=1S/C24H27N9O2/c1-3-9-32-23(34)18-13-26-24(28-17-12-27-31(2)14-17)30-22(18)33(32)20-5-4-6-21(29-20)35-19-10-16-8-7-15(19)11-25-16/h3-6,12-16,19,25H,1,7-11H2,2H3,(H,26,28,30)/t15-,16-,19-/m0/s1. The maximum absolute atomic E-state index is 13.2. The number of aromatic nitrogens is 7. The second kappa shape index (κ2) is 8.66. The number of fused-ring (bicyclic) bond motifs is 4. The molecule has 1 aliphatic carbocycles. The monoisotopic (exact) mass is 473 g/mol. The number of nitrogens with zero attached hydrogens (tertiary/aromatic N) is 7. The molecule has 6 heterocycles. The van der Waals surface area contributed by atoms with Crippen molar-refractivity contribution in [2.24, 2.45) is 13.0 Å². The van der Waals surface area contributed by atoms with Crippen LogP contribution in [0.4, 0.5) is 11.6 Å². The highest BCUT2D eigenvalue weighted by molar-refractivity contribution is 5.77. The molecule has 11 heteroatoms. The average molecular weight is 474 g/mol. The van der Waals surface area contributed by atoms with E-state index in [4.69, 9.17) is 9.72 Å². The summed E-state index contributed by atoms with van der Waals surface area (Å²) in [7, 11) is 1.83. The summed E-state index contributed by atoms with van der Waals surface area (Å²) in [4.78, 5) is 27.0. The summed E-state index contributed by atoms with van der Waals surface area (Å²) in [6.07, 6.45) is 10.2. The minimum Gasteiger partial charge on any atom is -0.474 e. The van der Waals surface area contributed by atoms with Crippen LogP contribution >= 0.6 is 0 Å². The molecule has 7 rings (SSSR count). The number of pyridine rings is 1. The molecule has 4 aromatic rings. The molecule has 180 valence electrons. The number of aryl methyl sites for hydroxylation is 1. The summed E-state index contributed by atoms with van der Waals surface area (Å²) in [5.41, 5.74) is 0.983. The molecule has 3 atom stereocenters. The fourth-order valence-electron chi connectivity index (χ4n) is 5.04. The Balaban J connectivity index is 1.39. The van der Waals surface area contributed by atoms with E-state index < -0.39 is 0 Å². The van der Waals surface area contributed by atoms with Gasteiger partial charge in [0.15, 0.2) is 11.5 Å². The first-order valence-electron chi connectivity index (χ1n) is 11.8. The number of ether oxygens (including phenoxy) is 1. The van der Waals surface area contributed by atoms with Gasteiger partial charge in [0, 0.05) is 44.0 Å². The molecule has 0 radical (unpaired) electrons. The Morgan fingerprint density at radius 2 is 2.20 bits per heavy atom. The topological polar surface area (TPSA) is 117 Å². The quantitative estimate of drug-likeness (QED) is 0.392. The van der Waals surface area contributed by atoms with E-state index in [0.29, 0.717) is 47.2 Å². The Labute approximate surface area is 201 Å². The number of nitrogens with one attached hydrogen (secondary N) is 2. The molecule has 4 aromatic heterocycles. The van der Waals surface area contributed by atoms with E-state index in [1.165, 1.54) is 19.0 Å². The van der Waals surface area contributed by atoms with Crippen molar-refractivity contribution in [3.8, 4) is 11.7 Å². The SMILES string of the molecule is C=CCn1c(=O)c2cnc(Nc3cnn(C)c3)nc2n1-c1cccc(O[C@H]2C[C@@H]3CC[C@H]2CN3)n1. The lowest BCUT2D eigenvalue weighted by Crippen LogP contribution is -2.53. The van der Waals surface area contributed by atoms with Crippen molar-refractivity contribution in [2.75, 3.05) is 11.9 Å². The maximum Gasteiger partial charge on any atom is 0.278 e. The molecule has 2 N–H and O–H groups in total. The number of hydrogen-bond donors (Lipinski definition) is 2. The largest absolute Gasteiger partial charge is 0.474 e. The Bertz CT molecular complexity index is 1440. The molecule has 1 saturated carbocycles. The van der Waals surface area contributed by atoms with Gasteiger partial charge < -0.3 is 15.4 Å². The molecule has 35 heavy (non-hydrogen) atoms. The highest BCUT2D eigenvalue weighted by atomic mass is 16.5. The predicted molar refractivity (Wildman–Crippen MR) is 131 cm³/mol. The van der Waals surface area contributed by atoms with Gasteiger partial charge in [0.1, 0.15) is 11.5 Å². The van der Waals surface area contributed by atoms with Crippen LogP contribution in [-0.4, -0.2) is 52.8 Å². The molecular weight excluding hydrogens is 446 g/mol. The van der Waals surface area contributed by atoms with Gasteiger partial charge in [-0.05, 0) is 25.3 Å². The Morgan fingerprint density at radius 3 is 2.91 bits per heavy atom. The van der Waals surface area contributed by atoms with Gasteiger partial charge in [-0.25, -0.2) is 14.3 Å². The van der Waals surface area contributed by atoms with E-state index >= 15 is 0 Å². The highest BCUT2D eigenvalue weighted by Crippen LogP contribution is 2.32. The molecule has 3 fully saturated rings. The van der Waals surface area contributed by atoms with Crippen LogP contribution in [0.1, 0.15) is 19.3 Å². The number of piperidine rings is 2. The molecule has 0 spiro atoms. The van der Waals surface area contributed by atoms with Gasteiger partial charge in [-0.15, -0.1) is 6.58 Å². The third kappa shape index (κ3) is 3.97. The second-order valence-electron chi connectivity index (χ2n) is 9.11. The van der Waals surface area contributed by atoms with Crippen LogP contribution in [-0.2, 0) is 13.6 Å². The molecule has 0 amide bonds. The summed E-state index contributed by atoms with van der Waals surface area (Å²) in [6, 6.07) is 6.12. The number of hydrogen-bond acceptors (Lipinski definition) is 8. The van der Waals surface area contributed by atoms with Crippen molar-refractivity contribution < 1.29 is 4.74 Å². The van der Waals surface area contributed by atoms with Gasteiger partial charge in [-0.2, -0.15) is 15.1 Å². The Kier molecular flexibility index (Phi) is 5.33. The van der Waals surface area contributed by atoms with Crippen molar-refractivity contribution in [3.05, 3.63) is 59.8 Å². The van der Waals surface area contributed by atoms with Gasteiger partial charge in [0.2, 0.25) is 11.8 Å². The zero-order valence-corrected chi connectivity index (χ0v) is 19.5. The van der Waals surface area contributed by atoms with E-state index in [9.17, 15) is 4.79 Å². The van der Waals surface area contributed by atoms with Gasteiger partial charge in [0.25, 0.3) is 5.56 Å². The lowest BCUT2D eigenvalue weighted by atomic mass is 9.79. The van der Waals surface area contributed by atoms with Gasteiger partial charge in [-0.3, -0.25) is 9.48 Å². The van der Waals surface area contributed by atoms with E-state index in [-0.39, 0.29) is 11.7 Å². The fourth-order valence-corrected chi connectivity index (χ4v) is 5.04. The van der Waals surface area contributed by atoms with E-state index in [2.05, 4.69) is 32.3 Å². The summed E-state index contributed by atoms with van der Waals surface area (Å²) in [5, 5.41) is 11.2. The summed E-state index contributed by atoms with van der Waals surface area (Å²) in [5.74, 6) is 1.93. The van der Waals surface area contributed by atoms with E-state index in [1.807, 2.05) is 31.4 Å². The lowest BCUT2D eigenvalue weighted by molar-refractivity contribution is 0.0382. The van der Waals surface area contributed by atoms with E-state index in [1.54, 1.807) is 26.3 Å². The Morgan fingerprint density at radius 1 is 1.29 bits per heavy atom. The first-order chi connectivity index (χ1) is 17.1. The van der Waals surface area contributed by atoms with Crippen LogP contribution in [0.5, 0.6) is 5.88 Å². The minimum atomic E-state index is -0.211. The second-order valence-corrected chi connectivity index (χ2v) is 9.11. The van der Waals surface area contributed by atoms with Crippen LogP contribution < -0.4 is 20.9 Å². The lowest BCUT2D eigenvalue weighted by Gasteiger charge is -2.42. The maximum atomic E-state index is 13.2. The average Bonchev–Trinajstić information content (AvgIpc) is 3.40. The first-order valence-corrected chi connectivity index (χ1v) is 11.8. The van der Waals surface area contributed by atoms with Crippen molar-refractivity contribution in [3.63, 3.8) is 0 Å². The third-order valence-corrected chi connectivity index (χ3v) is 6.73. The van der Waals surface area contributed by atoms with Gasteiger partial charge >= 0.3 is 0 Å². The molecular formula is C24H27N9O2. The van der Waals surface area contributed by atoms with Gasteiger partial charge in [-0.1, -0.05) is 12.1 Å². The smallest absolute Gasteiger partial charge is 0.278 e. The third-order valence-electron chi connectivity index (χ3n) is 6.73. The van der Waals surface area contributed by atoms with Crippen LogP contribution in [0.3, 0.4) is 0 Å². The van der Waals surface area contributed by atoms with Crippen molar-refractivity contribution >= 4 is 22.7 Å². The van der Waals surface area contributed by atoms with Crippen LogP contribution in [0, 0.1) is 5.92 Å². The Hall–Kier alpha value is -3.99. The zero-order valence-electron chi connectivity index (χ0n) is 19.5. The number of allylic oxidation sites excluding steroid dienone is 1. The molecule has 0 unspecified atom stereocenters. The van der Waals surface area contributed by atoms with E-state index in [0.717, 1.165) is 18.7 Å². The number of rotatable bonds is 7. The molecule has 2 saturated heterocycles. The van der Waals surface area contributed by atoms with Crippen molar-refractivity contribution in [2.45, 2.75) is 38.0 Å². The highest BCUT2D eigenvalue weighted by Gasteiger charge is 2.37. The minimum absolute atomic E-state index is 0.145. The first kappa shape index (κ1) is 21.5. The molecule has 2 aliphatic heterocycles. The summed E-state index contributed by atoms with van der Waals surface area (Å²) < 4.78 is 11.3. The van der Waals surface area contributed by atoms with Gasteiger partial charge in [0.05, 0.1) is 18.4 Å². The number of anilines is 2. The zero-order chi connectivity index (χ0) is 23.9. The van der Waals surface area contributed by atoms with Crippen LogP contribution in [0.25, 0.3) is 16.9 Å². The fraction of sp³-hybridized carbons (Fsp3) is 0.375. The van der Waals surface area contributed by atoms with Crippen LogP contribution in [0.2, 0.25) is 0 Å². The molecule has 3 aliphatic rings. The summed E-state index contributed by atoms with van der Waals surface area (Å²) >= 11 is 0. The normalized spacial score (nSPS) is 21.3. The summed E-state index contributed by atoms with van der Waals surface area (Å²) in [6.45, 7) is 5.10. The van der Waals surface area contributed by atoms with Crippen LogP contribution in [0.15, 0.2) is 54.2 Å². The van der Waals surface area contributed by atoms with Crippen molar-refractivity contribution in [1.82, 2.24) is 39.4 Å². The van der Waals surface area contributed by atoms with Crippen molar-refractivity contribution in [1.29, 1.82) is 0 Å². The molecule has 2 bridgehead atoms. The molecule has 11 nitrogen and oxygen atoms in total. The molecule has 0 aromatic carbocycles. The predicted octanol–water partition coefficient (Wildman–Crippen LogP) is 2.16.